The summed E-state index contributed by atoms with van der Waals surface area (Å²) in [6.07, 6.45) is 7.22. The van der Waals surface area contributed by atoms with Crippen molar-refractivity contribution in [1.82, 2.24) is 0 Å². The van der Waals surface area contributed by atoms with E-state index in [1.54, 1.807) is 6.08 Å². The van der Waals surface area contributed by atoms with Gasteiger partial charge in [-0.25, -0.2) is 4.39 Å². The van der Waals surface area contributed by atoms with Crippen LogP contribution in [0.2, 0.25) is 0 Å². The van der Waals surface area contributed by atoms with Gasteiger partial charge < -0.3 is 4.74 Å². The first-order chi connectivity index (χ1) is 9.44. The molecule has 3 nitrogen and oxygen atoms in total. The van der Waals surface area contributed by atoms with Gasteiger partial charge in [-0.2, -0.15) is 0 Å². The highest BCUT2D eigenvalue weighted by Crippen LogP contribution is 2.41. The molecule has 1 heterocycles. The maximum atomic E-state index is 14.2. The minimum atomic E-state index is -1.77. The molecule has 4 atom stereocenters. The van der Waals surface area contributed by atoms with Crippen molar-refractivity contribution >= 4 is 11.8 Å². The maximum absolute atomic E-state index is 14.2. The quantitative estimate of drug-likeness (QED) is 0.554. The molecule has 2 fully saturated rings. The van der Waals surface area contributed by atoms with Crippen LogP contribution in [0.15, 0.2) is 12.2 Å². The first-order valence-corrected chi connectivity index (χ1v) is 7.55. The Morgan fingerprint density at radius 1 is 1.50 bits per heavy atom. The van der Waals surface area contributed by atoms with Crippen molar-refractivity contribution in [3.8, 4) is 0 Å². The van der Waals surface area contributed by atoms with Gasteiger partial charge in [0.15, 0.2) is 11.5 Å². The van der Waals surface area contributed by atoms with E-state index in [9.17, 15) is 14.0 Å². The van der Waals surface area contributed by atoms with Crippen molar-refractivity contribution in [3.05, 3.63) is 12.2 Å². The Balaban J connectivity index is 1.92. The molecule has 0 bridgehead atoms. The van der Waals surface area contributed by atoms with E-state index in [1.165, 1.54) is 13.0 Å². The van der Waals surface area contributed by atoms with Gasteiger partial charge in [-0.3, -0.25) is 9.59 Å². The highest BCUT2D eigenvalue weighted by atomic mass is 19.1. The molecule has 0 N–H and O–H groups in total. The van der Waals surface area contributed by atoms with E-state index in [-0.39, 0.29) is 30.3 Å². The number of hydrogen-bond donors (Lipinski definition) is 0. The summed E-state index contributed by atoms with van der Waals surface area (Å²) in [5.74, 6) is -0.271. The van der Waals surface area contributed by atoms with E-state index in [0.29, 0.717) is 12.8 Å². The molecule has 4 heteroatoms. The number of hydrogen-bond acceptors (Lipinski definition) is 3. The number of ether oxygens (including phenoxy) is 1. The minimum Gasteiger partial charge on any atom is -0.462 e. The average molecular weight is 282 g/mol. The van der Waals surface area contributed by atoms with E-state index in [1.807, 2.05) is 6.92 Å². The van der Waals surface area contributed by atoms with Gasteiger partial charge in [0.05, 0.1) is 6.42 Å². The lowest BCUT2D eigenvalue weighted by Crippen LogP contribution is -2.28. The molecule has 0 amide bonds. The van der Waals surface area contributed by atoms with Gasteiger partial charge in [0.2, 0.25) is 0 Å². The summed E-state index contributed by atoms with van der Waals surface area (Å²) in [4.78, 5) is 23.2. The van der Waals surface area contributed by atoms with Crippen molar-refractivity contribution in [1.29, 1.82) is 0 Å². The van der Waals surface area contributed by atoms with Gasteiger partial charge in [0, 0.05) is 5.92 Å². The van der Waals surface area contributed by atoms with Gasteiger partial charge in [-0.15, -0.1) is 0 Å². The molecule has 0 radical (unpaired) electrons. The van der Waals surface area contributed by atoms with Crippen LogP contribution in [0.3, 0.4) is 0 Å². The average Bonchev–Trinajstić information content (AvgIpc) is 2.93. The second-order valence-electron chi connectivity index (χ2n) is 6.16. The number of ketones is 1. The molecular formula is C16H23FO3. The van der Waals surface area contributed by atoms with Gasteiger partial charge >= 0.3 is 5.97 Å². The zero-order valence-electron chi connectivity index (χ0n) is 12.2. The van der Waals surface area contributed by atoms with Crippen LogP contribution in [0.1, 0.15) is 52.4 Å². The molecule has 1 aliphatic carbocycles. The van der Waals surface area contributed by atoms with Gasteiger partial charge in [0.25, 0.3) is 0 Å². The van der Waals surface area contributed by atoms with Crippen LogP contribution in [-0.4, -0.2) is 23.5 Å². The van der Waals surface area contributed by atoms with Crippen LogP contribution in [0, 0.1) is 11.8 Å². The monoisotopic (exact) mass is 282 g/mol. The Morgan fingerprint density at radius 3 is 2.95 bits per heavy atom. The summed E-state index contributed by atoms with van der Waals surface area (Å²) in [5, 5.41) is 0. The van der Waals surface area contributed by atoms with Gasteiger partial charge in [-0.05, 0) is 38.2 Å². The molecule has 0 spiro atoms. The third kappa shape index (κ3) is 3.28. The van der Waals surface area contributed by atoms with Crippen LogP contribution in [0.25, 0.3) is 0 Å². The van der Waals surface area contributed by atoms with E-state index >= 15 is 0 Å². The predicted octanol–water partition coefficient (Wildman–Crippen LogP) is 3.37. The van der Waals surface area contributed by atoms with Crippen molar-refractivity contribution in [2.75, 3.05) is 0 Å². The summed E-state index contributed by atoms with van der Waals surface area (Å²) in [6.45, 7) is 3.33. The number of carbonyl (C=O) groups is 2. The van der Waals surface area contributed by atoms with E-state index in [2.05, 4.69) is 0 Å². The van der Waals surface area contributed by atoms with Gasteiger partial charge in [-0.1, -0.05) is 25.8 Å². The van der Waals surface area contributed by atoms with Crippen LogP contribution in [-0.2, 0) is 14.3 Å². The molecule has 112 valence electrons. The first-order valence-electron chi connectivity index (χ1n) is 7.55. The fourth-order valence-electron chi connectivity index (χ4n) is 3.15. The molecule has 1 saturated heterocycles. The zero-order chi connectivity index (χ0) is 14.8. The number of allylic oxidation sites excluding steroid dienone is 2. The second kappa shape index (κ2) is 6.06. The predicted molar refractivity (Wildman–Crippen MR) is 73.9 cm³/mol. The first kappa shape index (κ1) is 15.2. The SMILES string of the molecule is CCCCC(C)(F)C(=O)C=C[C@H]1CC[C@H]2OC(=O)C[C@H]12. The molecular weight excluding hydrogens is 259 g/mol. The van der Waals surface area contributed by atoms with Crippen LogP contribution < -0.4 is 0 Å². The molecule has 1 unspecified atom stereocenters. The number of alkyl halides is 1. The second-order valence-corrected chi connectivity index (χ2v) is 6.16. The Bertz CT molecular complexity index is 414. The van der Waals surface area contributed by atoms with Crippen LogP contribution in [0.4, 0.5) is 4.39 Å². The number of unbranched alkanes of at least 4 members (excludes halogenated alkanes) is 1. The molecule has 2 rings (SSSR count). The molecule has 1 aliphatic heterocycles. The molecule has 0 aromatic rings. The largest absolute Gasteiger partial charge is 0.462 e. The summed E-state index contributed by atoms with van der Waals surface area (Å²) >= 11 is 0. The number of carbonyl (C=O) groups excluding carboxylic acids is 2. The summed E-state index contributed by atoms with van der Waals surface area (Å²) in [5.41, 5.74) is -1.77. The van der Waals surface area contributed by atoms with Crippen LogP contribution >= 0.6 is 0 Å². The number of halogens is 1. The van der Waals surface area contributed by atoms with Gasteiger partial charge in [0.1, 0.15) is 6.10 Å². The molecule has 20 heavy (non-hydrogen) atoms. The minimum absolute atomic E-state index is 0.00380. The third-order valence-electron chi connectivity index (χ3n) is 4.51. The van der Waals surface area contributed by atoms with E-state index in [0.717, 1.165) is 19.3 Å². The highest BCUT2D eigenvalue weighted by Gasteiger charge is 2.43. The topological polar surface area (TPSA) is 43.4 Å². The van der Waals surface area contributed by atoms with Crippen molar-refractivity contribution in [3.63, 3.8) is 0 Å². The highest BCUT2D eigenvalue weighted by molar-refractivity contribution is 5.96. The standard InChI is InChI=1S/C16H23FO3/c1-3-4-9-16(2,17)14(18)8-6-11-5-7-13-12(11)10-15(19)20-13/h6,8,11-13H,3-5,7,9-10H2,1-2H3/t11-,12-,13-,16?/m1/s1. The number of rotatable bonds is 6. The Hall–Kier alpha value is -1.19. The molecule has 1 saturated carbocycles. The van der Waals surface area contributed by atoms with E-state index in [4.69, 9.17) is 4.74 Å². The molecule has 0 aromatic heterocycles. The lowest BCUT2D eigenvalue weighted by molar-refractivity contribution is -0.141. The fourth-order valence-corrected chi connectivity index (χ4v) is 3.15. The normalized spacial score (nSPS) is 32.1. The maximum Gasteiger partial charge on any atom is 0.306 e. The fraction of sp³-hybridized carbons (Fsp3) is 0.750. The summed E-state index contributed by atoms with van der Waals surface area (Å²) in [7, 11) is 0. The zero-order valence-corrected chi connectivity index (χ0v) is 12.2. The van der Waals surface area contributed by atoms with Crippen LogP contribution in [0.5, 0.6) is 0 Å². The Labute approximate surface area is 119 Å². The summed E-state index contributed by atoms with van der Waals surface area (Å²) < 4.78 is 19.4. The number of fused-ring (bicyclic) bond motifs is 1. The third-order valence-corrected chi connectivity index (χ3v) is 4.51. The van der Waals surface area contributed by atoms with Crippen molar-refractivity contribution in [2.45, 2.75) is 64.1 Å². The number of esters is 1. The Kier molecular flexibility index (Phi) is 4.61. The molecule has 2 aliphatic rings. The van der Waals surface area contributed by atoms with E-state index < -0.39 is 11.5 Å². The lowest BCUT2D eigenvalue weighted by Gasteiger charge is -2.17. The Morgan fingerprint density at radius 2 is 2.25 bits per heavy atom. The lowest BCUT2D eigenvalue weighted by atomic mass is 9.90. The smallest absolute Gasteiger partial charge is 0.306 e. The van der Waals surface area contributed by atoms with Crippen molar-refractivity contribution < 1.29 is 18.7 Å². The summed E-state index contributed by atoms with van der Waals surface area (Å²) in [6, 6.07) is 0. The molecule has 0 aromatic carbocycles. The van der Waals surface area contributed by atoms with Crippen molar-refractivity contribution in [2.24, 2.45) is 11.8 Å².